The number of benzene rings is 2. The molecule has 138 valence electrons. The summed E-state index contributed by atoms with van der Waals surface area (Å²) in [4.78, 5) is 24.5. The van der Waals surface area contributed by atoms with E-state index in [1.54, 1.807) is 60.3 Å². The van der Waals surface area contributed by atoms with Gasteiger partial charge in [0.15, 0.2) is 12.4 Å². The van der Waals surface area contributed by atoms with Gasteiger partial charge in [-0.1, -0.05) is 11.6 Å². The summed E-state index contributed by atoms with van der Waals surface area (Å²) in [6.07, 6.45) is 0.640. The fraction of sp³-hybridized carbons (Fsp3) is 0.250. The topological polar surface area (TPSA) is 79.2 Å². The normalized spacial score (nSPS) is 18.5. The zero-order chi connectivity index (χ0) is 19.3. The van der Waals surface area contributed by atoms with Crippen molar-refractivity contribution < 1.29 is 14.3 Å². The molecular formula is C20H17ClN2O3S. The van der Waals surface area contributed by atoms with Crippen molar-refractivity contribution in [3.63, 3.8) is 0 Å². The predicted octanol–water partition coefficient (Wildman–Crippen LogP) is 3.47. The van der Waals surface area contributed by atoms with Crippen molar-refractivity contribution in [2.75, 3.05) is 18.1 Å². The van der Waals surface area contributed by atoms with Gasteiger partial charge < -0.3 is 10.1 Å². The van der Waals surface area contributed by atoms with E-state index in [0.29, 0.717) is 34.1 Å². The second kappa shape index (κ2) is 8.47. The molecule has 1 aliphatic heterocycles. The molecule has 0 spiro atoms. The van der Waals surface area contributed by atoms with E-state index in [1.165, 1.54) is 0 Å². The van der Waals surface area contributed by atoms with E-state index in [-0.39, 0.29) is 18.3 Å². The van der Waals surface area contributed by atoms with Crippen LogP contribution in [0.2, 0.25) is 5.02 Å². The van der Waals surface area contributed by atoms with Crippen molar-refractivity contribution in [2.24, 2.45) is 0 Å². The Balaban J connectivity index is 1.56. The van der Waals surface area contributed by atoms with Gasteiger partial charge in [0.1, 0.15) is 11.3 Å². The smallest absolute Gasteiger partial charge is 0.259 e. The molecule has 1 atom stereocenters. The number of halogens is 1. The average molecular weight is 401 g/mol. The predicted molar refractivity (Wildman–Crippen MR) is 105 cm³/mol. The van der Waals surface area contributed by atoms with Crippen LogP contribution in [-0.2, 0) is 4.79 Å². The molecule has 1 fully saturated rings. The number of nitrogens with one attached hydrogen (secondary N) is 1. The molecule has 0 aromatic heterocycles. The van der Waals surface area contributed by atoms with Gasteiger partial charge in [0.2, 0.25) is 0 Å². The summed E-state index contributed by atoms with van der Waals surface area (Å²) in [7, 11) is 0. The van der Waals surface area contributed by atoms with Crippen LogP contribution in [0.15, 0.2) is 48.5 Å². The maximum atomic E-state index is 12.4. The van der Waals surface area contributed by atoms with Crippen molar-refractivity contribution in [1.29, 1.82) is 5.26 Å². The first-order valence-electron chi connectivity index (χ1n) is 8.34. The highest BCUT2D eigenvalue weighted by atomic mass is 35.5. The first-order chi connectivity index (χ1) is 13.0. The second-order valence-corrected chi connectivity index (χ2v) is 7.74. The summed E-state index contributed by atoms with van der Waals surface area (Å²) in [6.45, 7) is -0.182. The van der Waals surface area contributed by atoms with E-state index in [9.17, 15) is 14.9 Å². The number of hydrogen-bond acceptors (Lipinski definition) is 5. The lowest BCUT2D eigenvalue weighted by molar-refractivity contribution is -0.124. The summed E-state index contributed by atoms with van der Waals surface area (Å²) in [5.74, 6) is 1.48. The molecule has 2 aromatic rings. The molecule has 1 heterocycles. The van der Waals surface area contributed by atoms with Gasteiger partial charge in [-0.2, -0.15) is 17.0 Å². The number of ketones is 1. The van der Waals surface area contributed by atoms with Crippen molar-refractivity contribution in [3.8, 4) is 11.8 Å². The Morgan fingerprint density at radius 2 is 1.78 bits per heavy atom. The average Bonchev–Trinajstić information content (AvgIpc) is 3.16. The number of carbonyl (C=O) groups excluding carboxylic acids is 2. The Labute approximate surface area is 166 Å². The second-order valence-electron chi connectivity index (χ2n) is 6.19. The monoisotopic (exact) mass is 400 g/mol. The number of thioether (sulfide) groups is 1. The largest absolute Gasteiger partial charge is 0.484 e. The van der Waals surface area contributed by atoms with Crippen LogP contribution in [0.4, 0.5) is 0 Å². The summed E-state index contributed by atoms with van der Waals surface area (Å²) >= 11 is 7.48. The minimum atomic E-state index is -0.792. The molecule has 1 unspecified atom stereocenters. The third kappa shape index (κ3) is 4.82. The summed E-state index contributed by atoms with van der Waals surface area (Å²) in [5, 5.41) is 12.6. The van der Waals surface area contributed by atoms with Crippen molar-refractivity contribution >= 4 is 35.1 Å². The van der Waals surface area contributed by atoms with E-state index in [2.05, 4.69) is 11.4 Å². The molecule has 7 heteroatoms. The molecule has 0 saturated carbocycles. The molecule has 0 radical (unpaired) electrons. The lowest BCUT2D eigenvalue weighted by Crippen LogP contribution is -2.49. The third-order valence-corrected chi connectivity index (χ3v) is 5.65. The van der Waals surface area contributed by atoms with Crippen LogP contribution in [0, 0.1) is 11.3 Å². The SMILES string of the molecule is N#CC1(NC(=O)COc2ccc(C(=O)c3ccc(Cl)cc3)cc2)CCSC1. The molecule has 1 aliphatic rings. The number of nitrogens with zero attached hydrogens (tertiary/aromatic N) is 1. The Kier molecular flexibility index (Phi) is 6.04. The maximum Gasteiger partial charge on any atom is 0.259 e. The fourth-order valence-electron chi connectivity index (χ4n) is 2.70. The lowest BCUT2D eigenvalue weighted by atomic mass is 10.0. The molecule has 0 aliphatic carbocycles. The molecule has 1 saturated heterocycles. The van der Waals surface area contributed by atoms with Crippen LogP contribution < -0.4 is 10.1 Å². The molecule has 1 N–H and O–H groups in total. The van der Waals surface area contributed by atoms with Gasteiger partial charge in [0.25, 0.3) is 5.91 Å². The van der Waals surface area contributed by atoms with Crippen molar-refractivity contribution in [1.82, 2.24) is 5.32 Å². The van der Waals surface area contributed by atoms with Gasteiger partial charge in [-0.15, -0.1) is 0 Å². The minimum absolute atomic E-state index is 0.120. The Morgan fingerprint density at radius 3 is 2.33 bits per heavy atom. The Morgan fingerprint density at radius 1 is 1.15 bits per heavy atom. The van der Waals surface area contributed by atoms with Gasteiger partial charge in [-0.25, -0.2) is 0 Å². The molecule has 2 aromatic carbocycles. The number of nitriles is 1. The molecule has 5 nitrogen and oxygen atoms in total. The lowest BCUT2D eigenvalue weighted by Gasteiger charge is -2.21. The number of amides is 1. The first-order valence-corrected chi connectivity index (χ1v) is 9.88. The molecular weight excluding hydrogens is 384 g/mol. The summed E-state index contributed by atoms with van der Waals surface area (Å²) in [6, 6.07) is 15.4. The highest BCUT2D eigenvalue weighted by Gasteiger charge is 2.36. The standard InChI is InChI=1S/C20H17ClN2O3S/c21-16-5-1-14(2-6-16)19(25)15-3-7-17(8-4-15)26-11-18(24)23-20(12-22)9-10-27-13-20/h1-8H,9-11,13H2,(H,23,24). The first kappa shape index (κ1) is 19.3. The molecule has 27 heavy (non-hydrogen) atoms. The molecule has 3 rings (SSSR count). The Bertz CT molecular complexity index is 870. The molecule has 1 amide bonds. The van der Waals surface area contributed by atoms with Crippen LogP contribution in [0.5, 0.6) is 5.75 Å². The van der Waals surface area contributed by atoms with E-state index in [0.717, 1.165) is 5.75 Å². The summed E-state index contributed by atoms with van der Waals surface area (Å²) in [5.41, 5.74) is 0.268. The van der Waals surface area contributed by atoms with Gasteiger partial charge in [-0.05, 0) is 60.7 Å². The minimum Gasteiger partial charge on any atom is -0.484 e. The summed E-state index contributed by atoms with van der Waals surface area (Å²) < 4.78 is 5.47. The van der Waals surface area contributed by atoms with Crippen LogP contribution in [0.1, 0.15) is 22.3 Å². The quantitative estimate of drug-likeness (QED) is 0.751. The highest BCUT2D eigenvalue weighted by Crippen LogP contribution is 2.27. The fourth-order valence-corrected chi connectivity index (χ4v) is 4.09. The van der Waals surface area contributed by atoms with E-state index in [1.807, 2.05) is 0 Å². The number of ether oxygens (including phenoxy) is 1. The van der Waals surface area contributed by atoms with Crippen molar-refractivity contribution in [2.45, 2.75) is 12.0 Å². The maximum absolute atomic E-state index is 12.4. The number of rotatable bonds is 6. The van der Waals surface area contributed by atoms with Crippen LogP contribution in [0.25, 0.3) is 0 Å². The van der Waals surface area contributed by atoms with E-state index in [4.69, 9.17) is 16.3 Å². The van der Waals surface area contributed by atoms with Gasteiger partial charge in [-0.3, -0.25) is 9.59 Å². The van der Waals surface area contributed by atoms with Crippen LogP contribution >= 0.6 is 23.4 Å². The zero-order valence-electron chi connectivity index (χ0n) is 14.4. The van der Waals surface area contributed by atoms with Crippen LogP contribution in [0.3, 0.4) is 0 Å². The number of carbonyl (C=O) groups is 2. The van der Waals surface area contributed by atoms with Crippen molar-refractivity contribution in [3.05, 3.63) is 64.7 Å². The van der Waals surface area contributed by atoms with E-state index < -0.39 is 5.54 Å². The van der Waals surface area contributed by atoms with Crippen LogP contribution in [-0.4, -0.2) is 35.3 Å². The third-order valence-electron chi connectivity index (χ3n) is 4.21. The van der Waals surface area contributed by atoms with Gasteiger partial charge in [0.05, 0.1) is 6.07 Å². The zero-order valence-corrected chi connectivity index (χ0v) is 16.0. The van der Waals surface area contributed by atoms with Gasteiger partial charge in [0, 0.05) is 21.9 Å². The van der Waals surface area contributed by atoms with E-state index >= 15 is 0 Å². The molecule has 0 bridgehead atoms. The number of hydrogen-bond donors (Lipinski definition) is 1. The van der Waals surface area contributed by atoms with Gasteiger partial charge >= 0.3 is 0 Å². The Hall–Kier alpha value is -2.49. The highest BCUT2D eigenvalue weighted by molar-refractivity contribution is 7.99.